The molecule has 3 atom stereocenters. The highest BCUT2D eigenvalue weighted by molar-refractivity contribution is 5.98. The number of aryl methyl sites for hydroxylation is 1. The third-order valence-electron chi connectivity index (χ3n) is 11.2. The normalized spacial score (nSPS) is 19.7. The highest BCUT2D eigenvalue weighted by Gasteiger charge is 2.31. The summed E-state index contributed by atoms with van der Waals surface area (Å²) in [5, 5.41) is 35.3. The van der Waals surface area contributed by atoms with Crippen LogP contribution in [0.3, 0.4) is 0 Å². The molecule has 1 saturated heterocycles. The summed E-state index contributed by atoms with van der Waals surface area (Å²) in [5.41, 5.74) is 4.86. The number of H-pyrrole nitrogens is 1. The molecule has 1 saturated carbocycles. The molecule has 318 valence electrons. The summed E-state index contributed by atoms with van der Waals surface area (Å²) in [6.45, 7) is 10.1. The lowest BCUT2D eigenvalue weighted by Crippen LogP contribution is -2.50. The number of hydrogen-bond acceptors (Lipinski definition) is 9. The van der Waals surface area contributed by atoms with E-state index in [9.17, 15) is 29.1 Å². The van der Waals surface area contributed by atoms with Gasteiger partial charge in [-0.25, -0.2) is 9.59 Å². The van der Waals surface area contributed by atoms with E-state index >= 15 is 0 Å². The first-order valence-corrected chi connectivity index (χ1v) is 20.5. The molecule has 6 N–H and O–H groups in total. The smallest absolute Gasteiger partial charge is 0.407 e. The molecule has 3 aromatic carbocycles. The van der Waals surface area contributed by atoms with Gasteiger partial charge in [-0.15, -0.1) is 10.2 Å². The fourth-order valence-corrected chi connectivity index (χ4v) is 7.93. The summed E-state index contributed by atoms with van der Waals surface area (Å²) < 4.78 is 5.36. The predicted octanol–water partition coefficient (Wildman–Crippen LogP) is 6.10. The molecule has 2 heterocycles. The number of aromatic nitrogens is 4. The molecular formula is C44H55N9O7. The molecular weight excluding hydrogens is 767 g/mol. The van der Waals surface area contributed by atoms with Crippen molar-refractivity contribution in [3.05, 3.63) is 83.4 Å². The zero-order chi connectivity index (χ0) is 43.0. The number of nitrogens with one attached hydrogen (secondary N) is 5. The first-order valence-electron chi connectivity index (χ1n) is 20.5. The van der Waals surface area contributed by atoms with Crippen LogP contribution >= 0.6 is 0 Å². The van der Waals surface area contributed by atoms with E-state index in [1.165, 1.54) is 4.90 Å². The van der Waals surface area contributed by atoms with E-state index in [2.05, 4.69) is 41.9 Å². The van der Waals surface area contributed by atoms with Gasteiger partial charge in [0.2, 0.25) is 17.6 Å². The van der Waals surface area contributed by atoms with Crippen molar-refractivity contribution in [3.63, 3.8) is 0 Å². The van der Waals surface area contributed by atoms with E-state index in [1.54, 1.807) is 30.3 Å². The maximum atomic E-state index is 13.9. The number of tetrazole rings is 1. The van der Waals surface area contributed by atoms with Crippen LogP contribution in [0.4, 0.5) is 15.3 Å². The Morgan fingerprint density at radius 1 is 0.933 bits per heavy atom. The van der Waals surface area contributed by atoms with Crippen LogP contribution in [0.25, 0.3) is 22.5 Å². The minimum Gasteiger partial charge on any atom is -0.465 e. The Bertz CT molecular complexity index is 2130. The molecule has 16 heteroatoms. The van der Waals surface area contributed by atoms with Gasteiger partial charge in [0.05, 0.1) is 0 Å². The minimum atomic E-state index is -0.943. The first kappa shape index (κ1) is 43.3. The summed E-state index contributed by atoms with van der Waals surface area (Å²) in [7, 11) is 0. The molecule has 0 radical (unpaired) electrons. The number of alkyl carbamates (subject to hydrolysis) is 1. The number of hydrogen-bond donors (Lipinski definition) is 6. The average molecular weight is 822 g/mol. The molecule has 60 heavy (non-hydrogen) atoms. The highest BCUT2D eigenvalue weighted by Crippen LogP contribution is 2.30. The molecule has 1 aliphatic carbocycles. The van der Waals surface area contributed by atoms with E-state index < -0.39 is 23.8 Å². The molecule has 6 rings (SSSR count). The molecule has 0 spiro atoms. The van der Waals surface area contributed by atoms with Gasteiger partial charge in [-0.05, 0) is 143 Å². The van der Waals surface area contributed by atoms with Gasteiger partial charge in [-0.2, -0.15) is 5.21 Å². The number of carboxylic acid groups (broad SMARTS) is 1. The maximum Gasteiger partial charge on any atom is 0.407 e. The van der Waals surface area contributed by atoms with Gasteiger partial charge in [0.25, 0.3) is 5.91 Å². The second kappa shape index (κ2) is 19.2. The van der Waals surface area contributed by atoms with E-state index in [0.29, 0.717) is 55.8 Å². The van der Waals surface area contributed by atoms with Gasteiger partial charge in [-0.3, -0.25) is 14.4 Å². The Hall–Kier alpha value is -6.32. The lowest BCUT2D eigenvalue weighted by atomic mass is 9.81. The van der Waals surface area contributed by atoms with E-state index in [4.69, 9.17) is 4.74 Å². The van der Waals surface area contributed by atoms with Crippen molar-refractivity contribution in [1.82, 2.24) is 41.5 Å². The highest BCUT2D eigenvalue weighted by atomic mass is 16.6. The first-order chi connectivity index (χ1) is 28.6. The lowest BCUT2D eigenvalue weighted by Gasteiger charge is -2.36. The number of benzene rings is 3. The fourth-order valence-electron chi connectivity index (χ4n) is 7.93. The SMILES string of the molecule is Cc1cc(C(=O)NC2CCN(C(=O)O)C(C)C2)ccc1-c1ccc(C[C@H](NC(=O)C2CCC(CNC(=O)OC(C)(C)C)CC2)C(=O)Nc2ccc(-c3nn[nH]n3)cc2)cc1. The zero-order valence-corrected chi connectivity index (χ0v) is 34.8. The van der Waals surface area contributed by atoms with Crippen LogP contribution in [0.1, 0.15) is 87.7 Å². The maximum absolute atomic E-state index is 13.9. The van der Waals surface area contributed by atoms with Crippen LogP contribution in [-0.4, -0.2) is 97.4 Å². The number of amides is 5. The summed E-state index contributed by atoms with van der Waals surface area (Å²) in [5.74, 6) is -0.352. The number of ether oxygens (including phenoxy) is 1. The Morgan fingerprint density at radius 3 is 2.25 bits per heavy atom. The number of aromatic amines is 1. The molecule has 16 nitrogen and oxygen atoms in total. The van der Waals surface area contributed by atoms with Gasteiger partial charge in [0.15, 0.2) is 0 Å². The van der Waals surface area contributed by atoms with Gasteiger partial charge >= 0.3 is 12.2 Å². The van der Waals surface area contributed by atoms with Crippen molar-refractivity contribution in [2.24, 2.45) is 11.8 Å². The molecule has 0 bridgehead atoms. The topological polar surface area (TPSA) is 221 Å². The van der Waals surface area contributed by atoms with Crippen molar-refractivity contribution in [3.8, 4) is 22.5 Å². The number of rotatable bonds is 12. The third kappa shape index (κ3) is 11.7. The number of carbonyl (C=O) groups is 5. The second-order valence-electron chi connectivity index (χ2n) is 16.9. The van der Waals surface area contributed by atoms with Gasteiger partial charge in [0, 0.05) is 54.3 Å². The van der Waals surface area contributed by atoms with Crippen molar-refractivity contribution in [2.45, 2.75) is 103 Å². The van der Waals surface area contributed by atoms with Crippen LogP contribution in [0, 0.1) is 18.8 Å². The number of anilines is 1. The van der Waals surface area contributed by atoms with Crippen LogP contribution in [0.15, 0.2) is 66.7 Å². The predicted molar refractivity (Wildman–Crippen MR) is 225 cm³/mol. The standard InChI is InChI=1S/C44H55N9O7/c1-26-22-33(40(55)47-35-20-21-53(43(58)59)27(2)23-35)16-19-36(26)30-10-6-28(7-11-30)24-37(41(56)46-34-17-14-31(15-18-34)38-49-51-52-50-38)48-39(54)32-12-8-29(9-13-32)25-45-42(57)60-44(3,4)5/h6-7,10-11,14-19,22,27,29,32,35,37H,8-9,12-13,20-21,23-25H2,1-5H3,(H,45,57)(H,46,56)(H,47,55)(H,48,54)(H,58,59)(H,49,50,51,52)/t27?,29?,32?,35?,37-/m0/s1. The Morgan fingerprint density at radius 2 is 1.63 bits per heavy atom. The minimum absolute atomic E-state index is 0.107. The summed E-state index contributed by atoms with van der Waals surface area (Å²) in [6.07, 6.45) is 2.76. The van der Waals surface area contributed by atoms with E-state index in [-0.39, 0.29) is 48.1 Å². The molecule has 5 amide bonds. The van der Waals surface area contributed by atoms with E-state index in [0.717, 1.165) is 40.7 Å². The van der Waals surface area contributed by atoms with Crippen LogP contribution in [-0.2, 0) is 20.7 Å². The van der Waals surface area contributed by atoms with Crippen LogP contribution in [0.5, 0.6) is 0 Å². The number of nitrogens with zero attached hydrogens (tertiary/aromatic N) is 4. The summed E-state index contributed by atoms with van der Waals surface area (Å²) in [4.78, 5) is 65.8. The van der Waals surface area contributed by atoms with Gasteiger partial charge in [0.1, 0.15) is 11.6 Å². The van der Waals surface area contributed by atoms with Gasteiger partial charge in [-0.1, -0.05) is 30.3 Å². The summed E-state index contributed by atoms with van der Waals surface area (Å²) >= 11 is 0. The van der Waals surface area contributed by atoms with Gasteiger partial charge < -0.3 is 36.0 Å². The Labute approximate surface area is 349 Å². The quantitative estimate of drug-likeness (QED) is 0.0964. The molecule has 1 aromatic heterocycles. The molecule has 2 unspecified atom stereocenters. The monoisotopic (exact) mass is 821 g/mol. The zero-order valence-electron chi connectivity index (χ0n) is 34.8. The van der Waals surface area contributed by atoms with Crippen molar-refractivity contribution in [1.29, 1.82) is 0 Å². The van der Waals surface area contributed by atoms with Crippen LogP contribution < -0.4 is 21.3 Å². The van der Waals surface area contributed by atoms with Crippen molar-refractivity contribution >= 4 is 35.6 Å². The van der Waals surface area contributed by atoms with Crippen molar-refractivity contribution in [2.75, 3.05) is 18.4 Å². The van der Waals surface area contributed by atoms with Crippen molar-refractivity contribution < 1.29 is 33.8 Å². The molecule has 4 aromatic rings. The van der Waals surface area contributed by atoms with Crippen LogP contribution in [0.2, 0.25) is 0 Å². The number of carbonyl (C=O) groups excluding carboxylic acids is 4. The molecule has 1 aliphatic heterocycles. The number of likely N-dealkylation sites (tertiary alicyclic amines) is 1. The molecule has 2 fully saturated rings. The number of piperidine rings is 1. The Balaban J connectivity index is 1.09. The molecule has 2 aliphatic rings. The second-order valence-corrected chi connectivity index (χ2v) is 16.9. The van der Waals surface area contributed by atoms with E-state index in [1.807, 2.05) is 71.0 Å². The largest absolute Gasteiger partial charge is 0.465 e. The summed E-state index contributed by atoms with van der Waals surface area (Å²) in [6, 6.07) is 19.2. The average Bonchev–Trinajstić information content (AvgIpc) is 3.75. The fraction of sp³-hybridized carbons (Fsp3) is 0.455. The third-order valence-corrected chi connectivity index (χ3v) is 11.2. The Kier molecular flexibility index (Phi) is 13.8. The lowest BCUT2D eigenvalue weighted by molar-refractivity contribution is -0.130.